The van der Waals surface area contributed by atoms with E-state index in [0.29, 0.717) is 10.9 Å². The molecule has 4 heteroatoms. The average Bonchev–Trinajstić information content (AvgIpc) is 2.47. The molecule has 1 fully saturated rings. The second-order valence-corrected chi connectivity index (χ2v) is 3.94. The molecule has 0 spiro atoms. The molecule has 2 unspecified atom stereocenters. The molecule has 3 atom stereocenters. The zero-order valence-electron chi connectivity index (χ0n) is 8.06. The van der Waals surface area contributed by atoms with Crippen LogP contribution in [0.3, 0.4) is 0 Å². The van der Waals surface area contributed by atoms with Gasteiger partial charge in [0.05, 0.1) is 13.6 Å². The van der Waals surface area contributed by atoms with Gasteiger partial charge in [-0.3, -0.25) is 4.79 Å². The van der Waals surface area contributed by atoms with Crippen molar-refractivity contribution in [1.82, 2.24) is 0 Å². The molecule has 1 aliphatic rings. The van der Waals surface area contributed by atoms with Crippen LogP contribution in [-0.4, -0.2) is 47.5 Å². The van der Waals surface area contributed by atoms with Crippen molar-refractivity contribution >= 4 is 12.3 Å². The Labute approximate surface area is 77.7 Å². The first-order chi connectivity index (χ1) is 6.02. The van der Waals surface area contributed by atoms with Gasteiger partial charge in [-0.15, -0.1) is 0 Å². The summed E-state index contributed by atoms with van der Waals surface area (Å²) < 4.78 is 0.360. The van der Waals surface area contributed by atoms with E-state index in [9.17, 15) is 9.59 Å². The summed E-state index contributed by atoms with van der Waals surface area (Å²) in [5, 5.41) is 8.96. The molecule has 4 nitrogen and oxygen atoms in total. The first-order valence-electron chi connectivity index (χ1n) is 4.55. The molecule has 0 aromatic carbocycles. The van der Waals surface area contributed by atoms with Gasteiger partial charge in [-0.1, -0.05) is 0 Å². The van der Waals surface area contributed by atoms with Gasteiger partial charge in [-0.25, -0.2) is 4.79 Å². The van der Waals surface area contributed by atoms with Crippen molar-refractivity contribution in [2.75, 3.05) is 13.6 Å². The Morgan fingerprint density at radius 1 is 1.69 bits per heavy atom. The number of likely N-dealkylation sites (tertiary alicyclic amines) is 1. The lowest BCUT2D eigenvalue weighted by molar-refractivity contribution is -0.925. The fourth-order valence-electron chi connectivity index (χ4n) is 2.08. The summed E-state index contributed by atoms with van der Waals surface area (Å²) in [6.07, 6.45) is 2.43. The van der Waals surface area contributed by atoms with Crippen LogP contribution in [0.15, 0.2) is 0 Å². The van der Waals surface area contributed by atoms with E-state index in [4.69, 9.17) is 5.11 Å². The van der Waals surface area contributed by atoms with Gasteiger partial charge in [0.1, 0.15) is 6.04 Å². The maximum Gasteiger partial charge on any atom is 0.362 e. The Bertz CT molecular complexity index is 229. The summed E-state index contributed by atoms with van der Waals surface area (Å²) in [5.41, 5.74) is 0. The summed E-state index contributed by atoms with van der Waals surface area (Å²) in [6, 6.07) is -0.621. The number of carboxylic acids is 1. The normalized spacial score (nSPS) is 35.7. The van der Waals surface area contributed by atoms with Gasteiger partial charge >= 0.3 is 5.97 Å². The standard InChI is InChI=1S/C9H15NO3/c1-7(6-11)10(2)5-3-4-8(10)9(12)13/h6-8H,3-5H2,1-2H3/p+1/t7?,8-,10?/m0/s1. The minimum Gasteiger partial charge on any atom is -0.477 e. The van der Waals surface area contributed by atoms with Gasteiger partial charge in [0.2, 0.25) is 0 Å². The minimum absolute atomic E-state index is 0.219. The number of rotatable bonds is 3. The lowest BCUT2D eigenvalue weighted by atomic mass is 10.1. The molecular formula is C9H16NO3+. The van der Waals surface area contributed by atoms with E-state index in [-0.39, 0.29) is 6.04 Å². The highest BCUT2D eigenvalue weighted by Crippen LogP contribution is 2.27. The number of quaternary nitrogens is 1. The molecule has 0 aliphatic carbocycles. The number of carboxylic acid groups (broad SMARTS) is 1. The van der Waals surface area contributed by atoms with E-state index in [1.54, 1.807) is 6.92 Å². The summed E-state index contributed by atoms with van der Waals surface area (Å²) in [4.78, 5) is 21.6. The average molecular weight is 186 g/mol. The number of nitrogens with zero attached hydrogens (tertiary/aromatic N) is 1. The third-order valence-corrected chi connectivity index (χ3v) is 3.24. The van der Waals surface area contributed by atoms with Gasteiger partial charge < -0.3 is 9.59 Å². The highest BCUT2D eigenvalue weighted by Gasteiger charge is 2.46. The number of aliphatic carboxylic acids is 1. The van der Waals surface area contributed by atoms with Crippen LogP contribution in [0.2, 0.25) is 0 Å². The molecule has 13 heavy (non-hydrogen) atoms. The molecule has 1 heterocycles. The molecule has 1 rings (SSSR count). The van der Waals surface area contributed by atoms with Crippen molar-refractivity contribution in [3.63, 3.8) is 0 Å². The third kappa shape index (κ3) is 1.58. The summed E-state index contributed by atoms with van der Waals surface area (Å²) in [5.74, 6) is -0.784. The Balaban J connectivity index is 2.86. The Morgan fingerprint density at radius 2 is 2.31 bits per heavy atom. The van der Waals surface area contributed by atoms with E-state index in [1.165, 1.54) is 0 Å². The maximum absolute atomic E-state index is 10.9. The predicted molar refractivity (Wildman–Crippen MR) is 47.2 cm³/mol. The Hall–Kier alpha value is -0.900. The van der Waals surface area contributed by atoms with Gasteiger partial charge in [-0.2, -0.15) is 0 Å². The molecule has 0 bridgehead atoms. The molecule has 0 aromatic rings. The smallest absolute Gasteiger partial charge is 0.362 e. The number of hydrogen-bond acceptors (Lipinski definition) is 2. The van der Waals surface area contributed by atoms with Crippen LogP contribution < -0.4 is 0 Å². The Kier molecular flexibility index (Phi) is 2.71. The van der Waals surface area contributed by atoms with Crippen molar-refractivity contribution in [2.45, 2.75) is 31.8 Å². The van der Waals surface area contributed by atoms with E-state index >= 15 is 0 Å². The van der Waals surface area contributed by atoms with Crippen molar-refractivity contribution in [3.05, 3.63) is 0 Å². The van der Waals surface area contributed by atoms with Crippen LogP contribution >= 0.6 is 0 Å². The number of likely N-dealkylation sites (N-methyl/N-ethyl adjacent to an activating group) is 1. The molecule has 0 radical (unpaired) electrons. The molecule has 1 saturated heterocycles. The maximum atomic E-state index is 10.9. The van der Waals surface area contributed by atoms with E-state index in [1.807, 2.05) is 7.05 Å². The minimum atomic E-state index is -0.784. The molecule has 74 valence electrons. The monoisotopic (exact) mass is 186 g/mol. The van der Waals surface area contributed by atoms with Gasteiger partial charge in [0.15, 0.2) is 12.3 Å². The number of aldehydes is 1. The predicted octanol–water partition coefficient (Wildman–Crippen LogP) is 0.267. The van der Waals surface area contributed by atoms with Crippen LogP contribution in [-0.2, 0) is 9.59 Å². The fraction of sp³-hybridized carbons (Fsp3) is 0.778. The van der Waals surface area contributed by atoms with E-state index < -0.39 is 12.0 Å². The lowest BCUT2D eigenvalue weighted by Gasteiger charge is -2.36. The zero-order valence-corrected chi connectivity index (χ0v) is 8.06. The van der Waals surface area contributed by atoms with E-state index in [0.717, 1.165) is 19.3 Å². The molecule has 0 aromatic heterocycles. The van der Waals surface area contributed by atoms with Crippen LogP contribution in [0.25, 0.3) is 0 Å². The number of carbonyl (C=O) groups is 2. The van der Waals surface area contributed by atoms with Gasteiger partial charge in [0, 0.05) is 12.8 Å². The molecule has 1 N–H and O–H groups in total. The second kappa shape index (κ2) is 3.46. The summed E-state index contributed by atoms with van der Waals surface area (Å²) in [7, 11) is 1.85. The summed E-state index contributed by atoms with van der Waals surface area (Å²) >= 11 is 0. The van der Waals surface area contributed by atoms with Crippen molar-refractivity contribution in [3.8, 4) is 0 Å². The molecule has 0 saturated carbocycles. The van der Waals surface area contributed by atoms with Gasteiger partial charge in [-0.05, 0) is 6.92 Å². The van der Waals surface area contributed by atoms with Gasteiger partial charge in [0.25, 0.3) is 0 Å². The van der Waals surface area contributed by atoms with E-state index in [2.05, 4.69) is 0 Å². The largest absolute Gasteiger partial charge is 0.477 e. The first-order valence-corrected chi connectivity index (χ1v) is 4.55. The van der Waals surface area contributed by atoms with Crippen molar-refractivity contribution in [2.24, 2.45) is 0 Å². The quantitative estimate of drug-likeness (QED) is 0.508. The highest BCUT2D eigenvalue weighted by molar-refractivity contribution is 5.72. The SMILES string of the molecule is CC(C=O)[N+]1(C)CCC[C@H]1C(=O)O. The molecule has 0 amide bonds. The van der Waals surface area contributed by atoms with Crippen LogP contribution in [0.1, 0.15) is 19.8 Å². The fourth-order valence-corrected chi connectivity index (χ4v) is 2.08. The molecular weight excluding hydrogens is 170 g/mol. The first kappa shape index (κ1) is 10.2. The van der Waals surface area contributed by atoms with Crippen LogP contribution in [0.4, 0.5) is 0 Å². The highest BCUT2D eigenvalue weighted by atomic mass is 16.4. The third-order valence-electron chi connectivity index (χ3n) is 3.24. The van der Waals surface area contributed by atoms with Crippen LogP contribution in [0.5, 0.6) is 0 Å². The summed E-state index contributed by atoms with van der Waals surface area (Å²) in [6.45, 7) is 2.57. The lowest BCUT2D eigenvalue weighted by Crippen LogP contribution is -2.57. The van der Waals surface area contributed by atoms with Crippen LogP contribution in [0, 0.1) is 0 Å². The molecule has 1 aliphatic heterocycles. The topological polar surface area (TPSA) is 54.4 Å². The number of carbonyl (C=O) groups excluding carboxylic acids is 1. The second-order valence-electron chi connectivity index (χ2n) is 3.94. The van der Waals surface area contributed by atoms with Crippen molar-refractivity contribution < 1.29 is 19.2 Å². The van der Waals surface area contributed by atoms with Crippen molar-refractivity contribution in [1.29, 1.82) is 0 Å². The number of hydrogen-bond donors (Lipinski definition) is 1. The zero-order chi connectivity index (χ0) is 10.1. The Morgan fingerprint density at radius 3 is 2.77 bits per heavy atom.